The zero-order valence-electron chi connectivity index (χ0n) is 9.42. The Morgan fingerprint density at radius 1 is 1.29 bits per heavy atom. The highest BCUT2D eigenvalue weighted by molar-refractivity contribution is 7.85. The summed E-state index contributed by atoms with van der Waals surface area (Å²) in [6.07, 6.45) is 0.873. The van der Waals surface area contributed by atoms with Crippen LogP contribution in [-0.2, 0) is 21.3 Å². The van der Waals surface area contributed by atoms with Gasteiger partial charge in [0.2, 0.25) is 0 Å². The molecule has 0 spiro atoms. The molecule has 1 aromatic carbocycles. The van der Waals surface area contributed by atoms with E-state index in [-0.39, 0.29) is 6.61 Å². The predicted octanol–water partition coefficient (Wildman–Crippen LogP) is 1.29. The molecule has 1 N–H and O–H groups in total. The Morgan fingerprint density at radius 2 is 1.88 bits per heavy atom. The summed E-state index contributed by atoms with van der Waals surface area (Å²) >= 11 is 0. The van der Waals surface area contributed by atoms with E-state index in [1.807, 2.05) is 6.92 Å². The molecule has 0 amide bonds. The van der Waals surface area contributed by atoms with Gasteiger partial charge in [-0.25, -0.2) is 4.79 Å². The molecule has 6 heteroatoms. The zero-order chi connectivity index (χ0) is 12.9. The number of aryl methyl sites for hydroxylation is 1. The molecule has 1 aromatic rings. The molecule has 0 aliphatic rings. The quantitative estimate of drug-likeness (QED) is 0.636. The Hall–Kier alpha value is -1.40. The average Bonchev–Trinajstić information content (AvgIpc) is 2.27. The molecule has 0 unspecified atom stereocenters. The molecule has 0 saturated carbocycles. The van der Waals surface area contributed by atoms with Crippen molar-refractivity contribution in [3.63, 3.8) is 0 Å². The molecular weight excluding hydrogens is 244 g/mol. The molecule has 0 bridgehead atoms. The minimum Gasteiger partial charge on any atom is -0.461 e. The van der Waals surface area contributed by atoms with E-state index in [1.165, 1.54) is 0 Å². The van der Waals surface area contributed by atoms with Crippen LogP contribution in [0.15, 0.2) is 24.3 Å². The highest BCUT2D eigenvalue weighted by Crippen LogP contribution is 2.06. The summed E-state index contributed by atoms with van der Waals surface area (Å²) in [6, 6.07) is 6.85. The van der Waals surface area contributed by atoms with Crippen molar-refractivity contribution < 1.29 is 22.5 Å². The molecule has 17 heavy (non-hydrogen) atoms. The minimum atomic E-state index is -4.09. The SMILES string of the molecule is CCc1ccc(C(=O)OCCS(=O)(=O)O)cc1. The van der Waals surface area contributed by atoms with Gasteiger partial charge >= 0.3 is 5.97 Å². The number of carbonyl (C=O) groups excluding carboxylic acids is 1. The second-order valence-corrected chi connectivity index (χ2v) is 5.04. The third-order valence-corrected chi connectivity index (χ3v) is 2.85. The number of benzene rings is 1. The average molecular weight is 258 g/mol. The van der Waals surface area contributed by atoms with Crippen LogP contribution in [0.1, 0.15) is 22.8 Å². The van der Waals surface area contributed by atoms with Gasteiger partial charge in [-0.3, -0.25) is 4.55 Å². The molecule has 0 aromatic heterocycles. The van der Waals surface area contributed by atoms with Crippen molar-refractivity contribution in [2.75, 3.05) is 12.4 Å². The van der Waals surface area contributed by atoms with Crippen LogP contribution < -0.4 is 0 Å². The number of carbonyl (C=O) groups is 1. The number of hydrogen-bond donors (Lipinski definition) is 1. The van der Waals surface area contributed by atoms with Crippen LogP contribution >= 0.6 is 0 Å². The largest absolute Gasteiger partial charge is 0.461 e. The summed E-state index contributed by atoms with van der Waals surface area (Å²) in [5.74, 6) is -1.19. The highest BCUT2D eigenvalue weighted by atomic mass is 32.2. The Labute approximate surface area is 100 Å². The molecule has 5 nitrogen and oxygen atoms in total. The van der Waals surface area contributed by atoms with Gasteiger partial charge in [0.1, 0.15) is 12.4 Å². The molecular formula is C11H14O5S. The van der Waals surface area contributed by atoms with Crippen molar-refractivity contribution in [1.82, 2.24) is 0 Å². The van der Waals surface area contributed by atoms with Gasteiger partial charge in [0.25, 0.3) is 10.1 Å². The van der Waals surface area contributed by atoms with Gasteiger partial charge in [0.15, 0.2) is 0 Å². The Bertz CT molecular complexity index is 475. The molecule has 0 aliphatic carbocycles. The molecule has 0 fully saturated rings. The van der Waals surface area contributed by atoms with E-state index in [0.717, 1.165) is 12.0 Å². The molecule has 0 heterocycles. The lowest BCUT2D eigenvalue weighted by atomic mass is 10.1. The monoisotopic (exact) mass is 258 g/mol. The predicted molar refractivity (Wildman–Crippen MR) is 62.5 cm³/mol. The maximum atomic E-state index is 11.4. The lowest BCUT2D eigenvalue weighted by molar-refractivity contribution is 0.0528. The normalized spacial score (nSPS) is 11.2. The molecule has 0 aliphatic heterocycles. The second kappa shape index (κ2) is 5.79. The van der Waals surface area contributed by atoms with Crippen LogP contribution in [0, 0.1) is 0 Å². The highest BCUT2D eigenvalue weighted by Gasteiger charge is 2.09. The van der Waals surface area contributed by atoms with Gasteiger partial charge in [-0.1, -0.05) is 19.1 Å². The molecule has 0 radical (unpaired) electrons. The van der Waals surface area contributed by atoms with Gasteiger partial charge in [-0.05, 0) is 24.1 Å². The number of esters is 1. The third-order valence-electron chi connectivity index (χ3n) is 2.17. The van der Waals surface area contributed by atoms with E-state index in [0.29, 0.717) is 5.56 Å². The van der Waals surface area contributed by atoms with E-state index in [1.54, 1.807) is 24.3 Å². The molecule has 94 valence electrons. The molecule has 1 rings (SSSR count). The number of hydrogen-bond acceptors (Lipinski definition) is 4. The second-order valence-electron chi connectivity index (χ2n) is 3.47. The summed E-state index contributed by atoms with van der Waals surface area (Å²) in [5.41, 5.74) is 1.46. The smallest absolute Gasteiger partial charge is 0.338 e. The zero-order valence-corrected chi connectivity index (χ0v) is 10.2. The van der Waals surface area contributed by atoms with E-state index >= 15 is 0 Å². The van der Waals surface area contributed by atoms with Crippen LogP contribution in [0.4, 0.5) is 0 Å². The van der Waals surface area contributed by atoms with Gasteiger partial charge in [-0.15, -0.1) is 0 Å². The van der Waals surface area contributed by atoms with Crippen molar-refractivity contribution >= 4 is 16.1 Å². The van der Waals surface area contributed by atoms with E-state index in [9.17, 15) is 13.2 Å². The van der Waals surface area contributed by atoms with Crippen molar-refractivity contribution in [1.29, 1.82) is 0 Å². The first-order valence-electron chi connectivity index (χ1n) is 5.13. The summed E-state index contributed by atoms with van der Waals surface area (Å²) in [6.45, 7) is 1.65. The van der Waals surface area contributed by atoms with E-state index in [2.05, 4.69) is 0 Å². The summed E-state index contributed by atoms with van der Waals surface area (Å²) in [4.78, 5) is 11.4. The van der Waals surface area contributed by atoms with Crippen molar-refractivity contribution in [3.05, 3.63) is 35.4 Å². The van der Waals surface area contributed by atoms with Gasteiger partial charge in [0, 0.05) is 0 Å². The first-order valence-corrected chi connectivity index (χ1v) is 6.74. The van der Waals surface area contributed by atoms with Crippen LogP contribution in [0.5, 0.6) is 0 Å². The van der Waals surface area contributed by atoms with Crippen LogP contribution in [0.25, 0.3) is 0 Å². The van der Waals surface area contributed by atoms with Crippen LogP contribution in [0.3, 0.4) is 0 Å². The minimum absolute atomic E-state index is 0.354. The fourth-order valence-electron chi connectivity index (χ4n) is 1.20. The van der Waals surface area contributed by atoms with Crippen LogP contribution in [0.2, 0.25) is 0 Å². The first-order chi connectivity index (χ1) is 7.92. The number of ether oxygens (including phenoxy) is 1. The van der Waals surface area contributed by atoms with Crippen molar-refractivity contribution in [3.8, 4) is 0 Å². The topological polar surface area (TPSA) is 80.7 Å². The van der Waals surface area contributed by atoms with Gasteiger partial charge < -0.3 is 4.74 Å². The maximum Gasteiger partial charge on any atom is 0.338 e. The Kier molecular flexibility index (Phi) is 4.65. The lowest BCUT2D eigenvalue weighted by Crippen LogP contribution is -2.14. The number of rotatable bonds is 5. The third kappa shape index (κ3) is 4.97. The molecule has 0 atom stereocenters. The van der Waals surface area contributed by atoms with Crippen molar-refractivity contribution in [2.45, 2.75) is 13.3 Å². The Balaban J connectivity index is 2.52. The van der Waals surface area contributed by atoms with E-state index in [4.69, 9.17) is 9.29 Å². The summed E-state index contributed by atoms with van der Waals surface area (Å²) in [7, 11) is -4.09. The Morgan fingerprint density at radius 3 is 2.35 bits per heavy atom. The fraction of sp³-hybridized carbons (Fsp3) is 0.364. The van der Waals surface area contributed by atoms with Gasteiger partial charge in [0.05, 0.1) is 5.56 Å². The molecule has 0 saturated heterocycles. The lowest BCUT2D eigenvalue weighted by Gasteiger charge is -2.04. The fourth-order valence-corrected chi connectivity index (χ4v) is 1.49. The summed E-state index contributed by atoms with van der Waals surface area (Å²) < 4.78 is 33.9. The first kappa shape index (κ1) is 13.7. The van der Waals surface area contributed by atoms with Crippen molar-refractivity contribution in [2.24, 2.45) is 0 Å². The summed E-state index contributed by atoms with van der Waals surface area (Å²) in [5, 5.41) is 0. The van der Waals surface area contributed by atoms with Crippen LogP contribution in [-0.4, -0.2) is 31.3 Å². The van der Waals surface area contributed by atoms with E-state index < -0.39 is 21.8 Å². The van der Waals surface area contributed by atoms with Gasteiger partial charge in [-0.2, -0.15) is 8.42 Å². The standard InChI is InChI=1S/C11H14O5S/c1-2-9-3-5-10(6-4-9)11(12)16-7-8-17(13,14)15/h3-6H,2,7-8H2,1H3,(H,13,14,15). The maximum absolute atomic E-state index is 11.4.